The fraction of sp³-hybridized carbons (Fsp3) is 0.562. The van der Waals surface area contributed by atoms with Crippen molar-refractivity contribution in [2.75, 3.05) is 17.6 Å². The van der Waals surface area contributed by atoms with Crippen LogP contribution in [-0.4, -0.2) is 33.4 Å². The molecule has 0 aliphatic carbocycles. The molecule has 1 aromatic rings. The molecule has 0 heterocycles. The summed E-state index contributed by atoms with van der Waals surface area (Å²) in [5.74, 6) is 0.182. The van der Waals surface area contributed by atoms with Crippen LogP contribution in [0.5, 0.6) is 5.75 Å². The summed E-state index contributed by atoms with van der Waals surface area (Å²) in [5, 5.41) is 4.99. The average molecular weight is 344 g/mol. The van der Waals surface area contributed by atoms with E-state index in [0.717, 1.165) is 0 Å². The van der Waals surface area contributed by atoms with E-state index in [9.17, 15) is 13.4 Å². The second kappa shape index (κ2) is 8.29. The summed E-state index contributed by atoms with van der Waals surface area (Å²) in [7, 11) is -1.05. The zero-order valence-corrected chi connectivity index (χ0v) is 15.1. The van der Waals surface area contributed by atoms with E-state index in [0.29, 0.717) is 11.5 Å². The van der Waals surface area contributed by atoms with E-state index < -0.39 is 22.6 Å². The molecule has 23 heavy (non-hydrogen) atoms. The number of rotatable bonds is 6. The maximum absolute atomic E-state index is 13.9. The van der Waals surface area contributed by atoms with E-state index in [-0.39, 0.29) is 23.1 Å². The minimum atomic E-state index is -1.05. The highest BCUT2D eigenvalue weighted by molar-refractivity contribution is 7.86. The molecule has 0 aromatic heterocycles. The average Bonchev–Trinajstić information content (AvgIpc) is 2.40. The van der Waals surface area contributed by atoms with Gasteiger partial charge in [0.1, 0.15) is 11.6 Å². The standard InChI is InChI=1S/C16H25FN2O3S/c1-11(2)22-12-6-7-14(13(17)10-12)19-15(20)18-8-9-23(21)16(3,4)5/h6-7,10-11H,8-9H2,1-5H3,(H2,18,19,20)/t23-/m0/s1. The van der Waals surface area contributed by atoms with Gasteiger partial charge in [-0.1, -0.05) is 0 Å². The summed E-state index contributed by atoms with van der Waals surface area (Å²) >= 11 is 0. The van der Waals surface area contributed by atoms with Crippen LogP contribution in [0.2, 0.25) is 0 Å². The molecule has 0 radical (unpaired) electrons. The van der Waals surface area contributed by atoms with E-state index in [2.05, 4.69) is 10.6 Å². The van der Waals surface area contributed by atoms with E-state index in [4.69, 9.17) is 4.74 Å². The van der Waals surface area contributed by atoms with Crippen LogP contribution in [0.25, 0.3) is 0 Å². The molecule has 0 aliphatic rings. The molecule has 2 N–H and O–H groups in total. The van der Waals surface area contributed by atoms with Gasteiger partial charge in [0.2, 0.25) is 0 Å². The lowest BCUT2D eigenvalue weighted by Crippen LogP contribution is -2.35. The Hall–Kier alpha value is -1.63. The molecule has 1 aromatic carbocycles. The van der Waals surface area contributed by atoms with Crippen LogP contribution in [0, 0.1) is 5.82 Å². The number of urea groups is 1. The highest BCUT2D eigenvalue weighted by Gasteiger charge is 2.19. The first kappa shape index (κ1) is 19.4. The topological polar surface area (TPSA) is 67.4 Å². The number of amides is 2. The largest absolute Gasteiger partial charge is 0.491 e. The SMILES string of the molecule is CC(C)Oc1ccc(NC(=O)NCC[S@](=O)C(C)(C)C)c(F)c1. The Morgan fingerprint density at radius 3 is 2.52 bits per heavy atom. The van der Waals surface area contributed by atoms with Gasteiger partial charge in [0, 0.05) is 33.9 Å². The minimum absolute atomic E-state index is 0.0554. The zero-order chi connectivity index (χ0) is 17.6. The van der Waals surface area contributed by atoms with Crippen LogP contribution in [0.15, 0.2) is 18.2 Å². The number of nitrogens with one attached hydrogen (secondary N) is 2. The maximum Gasteiger partial charge on any atom is 0.319 e. The number of carbonyl (C=O) groups is 1. The Morgan fingerprint density at radius 1 is 1.35 bits per heavy atom. The second-order valence-corrected chi connectivity index (χ2v) is 8.68. The first-order valence-electron chi connectivity index (χ1n) is 7.49. The molecule has 0 spiro atoms. The Bertz CT molecular complexity index is 571. The third kappa shape index (κ3) is 6.99. The first-order valence-corrected chi connectivity index (χ1v) is 8.81. The third-order valence-corrected chi connectivity index (χ3v) is 4.76. The summed E-state index contributed by atoms with van der Waals surface area (Å²) in [5.41, 5.74) is 0.0653. The molecule has 0 saturated carbocycles. The summed E-state index contributed by atoms with van der Waals surface area (Å²) < 4.78 is 30.8. The zero-order valence-electron chi connectivity index (χ0n) is 14.2. The number of carbonyl (C=O) groups excluding carboxylic acids is 1. The van der Waals surface area contributed by atoms with Gasteiger partial charge in [-0.15, -0.1) is 0 Å². The number of hydrogen-bond acceptors (Lipinski definition) is 3. The molecule has 0 unspecified atom stereocenters. The smallest absolute Gasteiger partial charge is 0.319 e. The number of anilines is 1. The summed E-state index contributed by atoms with van der Waals surface area (Å²) in [6.07, 6.45) is -0.0554. The highest BCUT2D eigenvalue weighted by Crippen LogP contribution is 2.21. The number of benzene rings is 1. The fourth-order valence-corrected chi connectivity index (χ4v) is 2.57. The fourth-order valence-electron chi connectivity index (χ4n) is 1.67. The van der Waals surface area contributed by atoms with Crippen molar-refractivity contribution in [3.05, 3.63) is 24.0 Å². The number of hydrogen-bond donors (Lipinski definition) is 2. The van der Waals surface area contributed by atoms with Crippen LogP contribution in [-0.2, 0) is 10.8 Å². The van der Waals surface area contributed by atoms with Gasteiger partial charge in [0.25, 0.3) is 0 Å². The molecule has 0 bridgehead atoms. The van der Waals surface area contributed by atoms with E-state index >= 15 is 0 Å². The molecule has 1 atom stereocenters. The van der Waals surface area contributed by atoms with Gasteiger partial charge >= 0.3 is 6.03 Å². The van der Waals surface area contributed by atoms with Crippen molar-refractivity contribution in [3.8, 4) is 5.75 Å². The van der Waals surface area contributed by atoms with Crippen LogP contribution >= 0.6 is 0 Å². The van der Waals surface area contributed by atoms with Crippen LogP contribution < -0.4 is 15.4 Å². The monoisotopic (exact) mass is 344 g/mol. The van der Waals surface area contributed by atoms with E-state index in [1.165, 1.54) is 12.1 Å². The Kier molecular flexibility index (Phi) is 7.00. The van der Waals surface area contributed by atoms with Crippen LogP contribution in [0.1, 0.15) is 34.6 Å². The van der Waals surface area contributed by atoms with Crippen molar-refractivity contribution in [2.45, 2.75) is 45.5 Å². The molecule has 2 amide bonds. The quantitative estimate of drug-likeness (QED) is 0.832. The molecule has 0 aliphatic heterocycles. The van der Waals surface area contributed by atoms with Crippen molar-refractivity contribution >= 4 is 22.5 Å². The molecule has 5 nitrogen and oxygen atoms in total. The van der Waals surface area contributed by atoms with Crippen LogP contribution in [0.4, 0.5) is 14.9 Å². The summed E-state index contributed by atoms with van der Waals surface area (Å²) in [4.78, 5) is 11.7. The van der Waals surface area contributed by atoms with Crippen molar-refractivity contribution in [2.24, 2.45) is 0 Å². The van der Waals surface area contributed by atoms with Crippen LogP contribution in [0.3, 0.4) is 0 Å². The minimum Gasteiger partial charge on any atom is -0.491 e. The lowest BCUT2D eigenvalue weighted by molar-refractivity contribution is 0.241. The van der Waals surface area contributed by atoms with Gasteiger partial charge in [0.15, 0.2) is 0 Å². The van der Waals surface area contributed by atoms with E-state index in [1.54, 1.807) is 6.07 Å². The Balaban J connectivity index is 2.50. The third-order valence-electron chi connectivity index (χ3n) is 2.82. The van der Waals surface area contributed by atoms with Crippen molar-refractivity contribution in [1.29, 1.82) is 0 Å². The Morgan fingerprint density at radius 2 is 2.00 bits per heavy atom. The van der Waals surface area contributed by atoms with Gasteiger partial charge in [-0.25, -0.2) is 9.18 Å². The molecule has 7 heteroatoms. The molecule has 1 rings (SSSR count). The van der Waals surface area contributed by atoms with Crippen molar-refractivity contribution in [1.82, 2.24) is 5.32 Å². The first-order chi connectivity index (χ1) is 10.6. The number of ether oxygens (including phenoxy) is 1. The van der Waals surface area contributed by atoms with E-state index in [1.807, 2.05) is 34.6 Å². The van der Waals surface area contributed by atoms with Crippen molar-refractivity contribution in [3.63, 3.8) is 0 Å². The molecular formula is C16H25FN2O3S. The molecular weight excluding hydrogens is 319 g/mol. The van der Waals surface area contributed by atoms with Gasteiger partial charge in [-0.2, -0.15) is 0 Å². The highest BCUT2D eigenvalue weighted by atomic mass is 32.2. The maximum atomic E-state index is 13.9. The Labute approximate surface area is 139 Å². The molecule has 0 saturated heterocycles. The second-order valence-electron chi connectivity index (χ2n) is 6.35. The van der Waals surface area contributed by atoms with Gasteiger partial charge in [-0.05, 0) is 46.8 Å². The normalized spacial score (nSPS) is 12.8. The summed E-state index contributed by atoms with van der Waals surface area (Å²) in [6, 6.07) is 3.73. The molecule has 0 fully saturated rings. The van der Waals surface area contributed by atoms with Gasteiger partial charge < -0.3 is 15.4 Å². The van der Waals surface area contributed by atoms with Gasteiger partial charge in [-0.3, -0.25) is 4.21 Å². The predicted octanol–water partition coefficient (Wildman–Crippen LogP) is 3.28. The summed E-state index contributed by atoms with van der Waals surface area (Å²) in [6.45, 7) is 9.57. The van der Waals surface area contributed by atoms with Gasteiger partial charge in [0.05, 0.1) is 11.8 Å². The lowest BCUT2D eigenvalue weighted by atomic mass is 10.3. The predicted molar refractivity (Wildman–Crippen MR) is 91.9 cm³/mol. The molecule has 130 valence electrons. The number of halogens is 1. The lowest BCUT2D eigenvalue weighted by Gasteiger charge is -2.17. The van der Waals surface area contributed by atoms with Crippen molar-refractivity contribution < 1.29 is 18.1 Å².